The largest absolute Gasteiger partial charge is 0.329 e. The average Bonchev–Trinajstić information content (AvgIpc) is 3.56. The zero-order chi connectivity index (χ0) is 23.8. The predicted molar refractivity (Wildman–Crippen MR) is 133 cm³/mol. The summed E-state index contributed by atoms with van der Waals surface area (Å²) < 4.78 is 16.2. The Labute approximate surface area is 205 Å². The molecule has 3 aromatic carbocycles. The summed E-state index contributed by atoms with van der Waals surface area (Å²) in [5.74, 6) is 1.01. The molecule has 2 aromatic heterocycles. The van der Waals surface area contributed by atoms with E-state index in [1.54, 1.807) is 23.1 Å². The van der Waals surface area contributed by atoms with Gasteiger partial charge in [-0.15, -0.1) is 21.5 Å². The summed E-state index contributed by atoms with van der Waals surface area (Å²) in [6, 6.07) is 24.4. The number of amides is 1. The Morgan fingerprint density at radius 1 is 0.857 bits per heavy atom. The van der Waals surface area contributed by atoms with E-state index in [-0.39, 0.29) is 11.7 Å². The Balaban J connectivity index is 1.20. The van der Waals surface area contributed by atoms with E-state index in [1.807, 2.05) is 64.5 Å². The molecule has 172 valence electrons. The van der Waals surface area contributed by atoms with Crippen molar-refractivity contribution < 1.29 is 9.18 Å². The quantitative estimate of drug-likeness (QED) is 0.339. The number of fused-ring (bicyclic) bond motifs is 1. The third-order valence-electron chi connectivity index (χ3n) is 6.12. The number of hydrogen-bond donors (Lipinski definition) is 0. The first-order valence-electron chi connectivity index (χ1n) is 11.2. The number of carbonyl (C=O) groups is 1. The van der Waals surface area contributed by atoms with Gasteiger partial charge in [-0.25, -0.2) is 9.37 Å². The number of hydrogen-bond acceptors (Lipinski definition) is 5. The van der Waals surface area contributed by atoms with Crippen LogP contribution in [-0.4, -0.2) is 37.1 Å². The highest BCUT2D eigenvalue weighted by molar-refractivity contribution is 7.13. The molecule has 35 heavy (non-hydrogen) atoms. The van der Waals surface area contributed by atoms with Crippen LogP contribution < -0.4 is 0 Å². The first-order chi connectivity index (χ1) is 17.2. The van der Waals surface area contributed by atoms with Gasteiger partial charge in [0.15, 0.2) is 11.6 Å². The maximum absolute atomic E-state index is 14.2. The normalized spacial score (nSPS) is 13.0. The fraction of sp³-hybridized carbons (Fsp3) is 0.111. The third-order valence-corrected chi connectivity index (χ3v) is 6.99. The molecule has 0 aliphatic carbocycles. The van der Waals surface area contributed by atoms with Gasteiger partial charge in [0.2, 0.25) is 0 Å². The number of halogens is 1. The SMILES string of the molecule is O=C(c1ccc(-c2ccccc2)cc1)N1CCn2c(nnc2-c2csc(-c3ccccc3F)n2)C1. The Morgan fingerprint density at radius 2 is 1.60 bits per heavy atom. The Bertz CT molecular complexity index is 1510. The monoisotopic (exact) mass is 481 g/mol. The summed E-state index contributed by atoms with van der Waals surface area (Å²) >= 11 is 1.37. The summed E-state index contributed by atoms with van der Waals surface area (Å²) in [6.45, 7) is 1.48. The molecule has 6 rings (SSSR count). The van der Waals surface area contributed by atoms with Gasteiger partial charge in [-0.1, -0.05) is 54.6 Å². The second kappa shape index (κ2) is 8.88. The molecule has 1 aliphatic rings. The highest BCUT2D eigenvalue weighted by Crippen LogP contribution is 2.31. The molecule has 0 bridgehead atoms. The van der Waals surface area contributed by atoms with Crippen LogP contribution >= 0.6 is 11.3 Å². The summed E-state index contributed by atoms with van der Waals surface area (Å²) in [6.07, 6.45) is 0. The van der Waals surface area contributed by atoms with E-state index in [1.165, 1.54) is 17.4 Å². The summed E-state index contributed by atoms with van der Waals surface area (Å²) in [4.78, 5) is 19.5. The number of aromatic nitrogens is 4. The van der Waals surface area contributed by atoms with Crippen molar-refractivity contribution in [1.29, 1.82) is 0 Å². The lowest BCUT2D eigenvalue weighted by Gasteiger charge is -2.27. The van der Waals surface area contributed by atoms with Crippen molar-refractivity contribution >= 4 is 17.2 Å². The maximum atomic E-state index is 14.2. The standard InChI is InChI=1S/C27H20FN5OS/c28-22-9-5-4-8-21(22)26-29-23(17-35-26)25-31-30-24-16-32(14-15-33(24)25)27(34)20-12-10-19(11-13-20)18-6-2-1-3-7-18/h1-13,17H,14-16H2. The number of rotatable bonds is 4. The van der Waals surface area contributed by atoms with Gasteiger partial charge < -0.3 is 9.47 Å². The lowest BCUT2D eigenvalue weighted by Crippen LogP contribution is -2.38. The van der Waals surface area contributed by atoms with Gasteiger partial charge >= 0.3 is 0 Å². The molecule has 0 unspecified atom stereocenters. The zero-order valence-corrected chi connectivity index (χ0v) is 19.5. The van der Waals surface area contributed by atoms with Crippen molar-refractivity contribution in [2.24, 2.45) is 0 Å². The molecule has 8 heteroatoms. The Hall–Kier alpha value is -4.17. The van der Waals surface area contributed by atoms with Crippen LogP contribution in [0.5, 0.6) is 0 Å². The summed E-state index contributed by atoms with van der Waals surface area (Å²) in [5, 5.41) is 11.1. The van der Waals surface area contributed by atoms with Crippen LogP contribution in [0.25, 0.3) is 33.2 Å². The van der Waals surface area contributed by atoms with Gasteiger partial charge in [0, 0.05) is 29.6 Å². The van der Waals surface area contributed by atoms with E-state index in [9.17, 15) is 9.18 Å². The molecule has 0 saturated carbocycles. The van der Waals surface area contributed by atoms with Crippen LogP contribution in [0.3, 0.4) is 0 Å². The second-order valence-corrected chi connectivity index (χ2v) is 9.14. The molecule has 3 heterocycles. The van der Waals surface area contributed by atoms with Crippen LogP contribution in [-0.2, 0) is 13.1 Å². The minimum atomic E-state index is -0.303. The lowest BCUT2D eigenvalue weighted by molar-refractivity contribution is 0.0708. The van der Waals surface area contributed by atoms with E-state index in [0.29, 0.717) is 53.1 Å². The molecule has 6 nitrogen and oxygen atoms in total. The molecule has 0 fully saturated rings. The molecule has 0 N–H and O–H groups in total. The van der Waals surface area contributed by atoms with Gasteiger partial charge in [0.25, 0.3) is 5.91 Å². The predicted octanol–water partition coefficient (Wildman–Crippen LogP) is 5.53. The number of carbonyl (C=O) groups excluding carboxylic acids is 1. The Morgan fingerprint density at radius 3 is 2.40 bits per heavy atom. The van der Waals surface area contributed by atoms with E-state index in [2.05, 4.69) is 15.2 Å². The fourth-order valence-corrected chi connectivity index (χ4v) is 5.10. The van der Waals surface area contributed by atoms with E-state index < -0.39 is 0 Å². The molecular weight excluding hydrogens is 461 g/mol. The second-order valence-electron chi connectivity index (χ2n) is 8.28. The van der Waals surface area contributed by atoms with Gasteiger partial charge in [0.1, 0.15) is 16.5 Å². The van der Waals surface area contributed by atoms with Crippen molar-refractivity contribution in [2.45, 2.75) is 13.1 Å². The topological polar surface area (TPSA) is 63.9 Å². The summed E-state index contributed by atoms with van der Waals surface area (Å²) in [5.41, 5.74) is 3.96. The number of thiazole rings is 1. The smallest absolute Gasteiger partial charge is 0.254 e. The van der Waals surface area contributed by atoms with Crippen molar-refractivity contribution in [2.75, 3.05) is 6.54 Å². The van der Waals surface area contributed by atoms with Crippen LogP contribution in [0.4, 0.5) is 4.39 Å². The van der Waals surface area contributed by atoms with E-state index in [4.69, 9.17) is 0 Å². The molecule has 1 amide bonds. The van der Waals surface area contributed by atoms with Crippen LogP contribution in [0.15, 0.2) is 84.2 Å². The highest BCUT2D eigenvalue weighted by Gasteiger charge is 2.26. The first kappa shape index (κ1) is 21.4. The van der Waals surface area contributed by atoms with Crippen molar-refractivity contribution in [3.05, 3.63) is 101 Å². The van der Waals surface area contributed by atoms with Crippen molar-refractivity contribution in [3.8, 4) is 33.2 Å². The van der Waals surface area contributed by atoms with Gasteiger partial charge in [-0.3, -0.25) is 4.79 Å². The van der Waals surface area contributed by atoms with Crippen molar-refractivity contribution in [3.63, 3.8) is 0 Å². The average molecular weight is 482 g/mol. The minimum Gasteiger partial charge on any atom is -0.329 e. The molecule has 0 saturated heterocycles. The van der Waals surface area contributed by atoms with Crippen LogP contribution in [0, 0.1) is 5.82 Å². The van der Waals surface area contributed by atoms with Gasteiger partial charge in [-0.2, -0.15) is 0 Å². The Kier molecular flexibility index (Phi) is 5.42. The highest BCUT2D eigenvalue weighted by atomic mass is 32.1. The van der Waals surface area contributed by atoms with E-state index in [0.717, 1.165) is 11.1 Å². The minimum absolute atomic E-state index is 0.0316. The van der Waals surface area contributed by atoms with E-state index >= 15 is 0 Å². The molecule has 5 aromatic rings. The number of benzene rings is 3. The maximum Gasteiger partial charge on any atom is 0.254 e. The number of nitrogens with zero attached hydrogens (tertiary/aromatic N) is 5. The van der Waals surface area contributed by atoms with Gasteiger partial charge in [-0.05, 0) is 35.4 Å². The molecule has 0 spiro atoms. The first-order valence-corrected chi connectivity index (χ1v) is 12.1. The fourth-order valence-electron chi connectivity index (χ4n) is 4.27. The zero-order valence-electron chi connectivity index (χ0n) is 18.6. The van der Waals surface area contributed by atoms with Crippen LogP contribution in [0.2, 0.25) is 0 Å². The van der Waals surface area contributed by atoms with Crippen LogP contribution in [0.1, 0.15) is 16.2 Å². The molecule has 0 radical (unpaired) electrons. The molecule has 0 atom stereocenters. The third kappa shape index (κ3) is 4.02. The lowest BCUT2D eigenvalue weighted by atomic mass is 10.0. The molecule has 1 aliphatic heterocycles. The van der Waals surface area contributed by atoms with Gasteiger partial charge in [0.05, 0.1) is 6.54 Å². The van der Waals surface area contributed by atoms with Crippen molar-refractivity contribution in [1.82, 2.24) is 24.6 Å². The summed E-state index contributed by atoms with van der Waals surface area (Å²) in [7, 11) is 0. The molecular formula is C27H20FN5OS.